The maximum Gasteiger partial charge on any atom is 0.138 e. The lowest BCUT2D eigenvalue weighted by Gasteiger charge is -2.26. The summed E-state index contributed by atoms with van der Waals surface area (Å²) in [6, 6.07) is 2.67. The van der Waals surface area contributed by atoms with Crippen molar-refractivity contribution in [1.29, 1.82) is 0 Å². The zero-order valence-corrected chi connectivity index (χ0v) is 13.9. The molecule has 1 aromatic heterocycles. The first-order valence-corrected chi connectivity index (χ1v) is 7.84. The summed E-state index contributed by atoms with van der Waals surface area (Å²) >= 11 is 0. The third-order valence-electron chi connectivity index (χ3n) is 3.56. The second-order valence-corrected chi connectivity index (χ2v) is 6.63. The minimum atomic E-state index is -0.0589. The molecule has 1 aliphatic rings. The number of nitrogens with one attached hydrogen (secondary N) is 1. The van der Waals surface area contributed by atoms with Crippen molar-refractivity contribution in [2.24, 2.45) is 0 Å². The Morgan fingerprint density at radius 3 is 2.57 bits per heavy atom. The zero-order valence-electron chi connectivity index (χ0n) is 13.9. The lowest BCUT2D eigenvalue weighted by atomic mass is 9.96. The first-order valence-electron chi connectivity index (χ1n) is 7.84. The first kappa shape index (κ1) is 16.0. The molecule has 1 fully saturated rings. The van der Waals surface area contributed by atoms with Gasteiger partial charge in [-0.3, -0.25) is 0 Å². The van der Waals surface area contributed by atoms with Crippen LogP contribution in [0.5, 0.6) is 0 Å². The van der Waals surface area contributed by atoms with Gasteiger partial charge in [-0.25, -0.2) is 9.97 Å². The number of nitrogens with zero attached hydrogens (tertiary/aromatic N) is 3. The lowest BCUT2D eigenvalue weighted by molar-refractivity contribution is 0.204. The van der Waals surface area contributed by atoms with E-state index in [0.29, 0.717) is 6.04 Å². The topological polar surface area (TPSA) is 50.3 Å². The van der Waals surface area contributed by atoms with E-state index < -0.39 is 0 Å². The van der Waals surface area contributed by atoms with Crippen molar-refractivity contribution in [3.8, 4) is 0 Å². The van der Waals surface area contributed by atoms with E-state index in [1.54, 1.807) is 7.11 Å². The van der Waals surface area contributed by atoms with Gasteiger partial charge in [0, 0.05) is 37.7 Å². The number of hydrogen-bond acceptors (Lipinski definition) is 5. The van der Waals surface area contributed by atoms with E-state index in [-0.39, 0.29) is 5.41 Å². The first-order chi connectivity index (χ1) is 9.95. The van der Waals surface area contributed by atoms with Crippen molar-refractivity contribution in [3.63, 3.8) is 0 Å². The average molecular weight is 292 g/mol. The van der Waals surface area contributed by atoms with Crippen molar-refractivity contribution < 1.29 is 4.74 Å². The van der Waals surface area contributed by atoms with Gasteiger partial charge in [0.05, 0.1) is 6.61 Å². The number of aromatic nitrogens is 2. The van der Waals surface area contributed by atoms with Gasteiger partial charge in [-0.2, -0.15) is 0 Å². The standard InChI is InChI=1S/C16H28N4O/c1-6-17-13-11-14(19-15(18-13)16(2,3)4)20(9-10-21-5)12-7-8-12/h11-12H,6-10H2,1-5H3,(H,17,18,19). The van der Waals surface area contributed by atoms with E-state index in [2.05, 4.69) is 49.0 Å². The molecule has 0 unspecified atom stereocenters. The quantitative estimate of drug-likeness (QED) is 0.837. The molecule has 0 atom stereocenters. The summed E-state index contributed by atoms with van der Waals surface area (Å²) in [5, 5.41) is 3.32. The number of hydrogen-bond donors (Lipinski definition) is 1. The third kappa shape index (κ3) is 4.30. The van der Waals surface area contributed by atoms with Crippen LogP contribution in [-0.4, -0.2) is 42.8 Å². The monoisotopic (exact) mass is 292 g/mol. The fourth-order valence-corrected chi connectivity index (χ4v) is 2.25. The van der Waals surface area contributed by atoms with Crippen LogP contribution in [0.4, 0.5) is 11.6 Å². The summed E-state index contributed by atoms with van der Waals surface area (Å²) in [7, 11) is 1.75. The predicted molar refractivity (Wildman–Crippen MR) is 87.1 cm³/mol. The Balaban J connectivity index is 2.32. The molecule has 0 radical (unpaired) electrons. The van der Waals surface area contributed by atoms with E-state index >= 15 is 0 Å². The average Bonchev–Trinajstić information content (AvgIpc) is 3.23. The Bertz CT molecular complexity index is 466. The van der Waals surface area contributed by atoms with Gasteiger partial charge >= 0.3 is 0 Å². The summed E-state index contributed by atoms with van der Waals surface area (Å²) < 4.78 is 5.25. The van der Waals surface area contributed by atoms with Crippen LogP contribution < -0.4 is 10.2 Å². The van der Waals surface area contributed by atoms with Crippen LogP contribution in [-0.2, 0) is 10.2 Å². The van der Waals surface area contributed by atoms with Gasteiger partial charge in [0.25, 0.3) is 0 Å². The maximum absolute atomic E-state index is 5.25. The molecule has 21 heavy (non-hydrogen) atoms. The van der Waals surface area contributed by atoms with Crippen molar-refractivity contribution in [2.75, 3.05) is 37.0 Å². The Morgan fingerprint density at radius 2 is 2.05 bits per heavy atom. The highest BCUT2D eigenvalue weighted by molar-refractivity contribution is 5.51. The summed E-state index contributed by atoms with van der Waals surface area (Å²) in [4.78, 5) is 11.8. The molecule has 0 aliphatic heterocycles. The number of anilines is 2. The molecule has 1 heterocycles. The van der Waals surface area contributed by atoms with Crippen molar-refractivity contribution in [3.05, 3.63) is 11.9 Å². The Hall–Kier alpha value is -1.36. The molecule has 5 heteroatoms. The van der Waals surface area contributed by atoms with E-state index in [1.165, 1.54) is 12.8 Å². The van der Waals surface area contributed by atoms with Crippen molar-refractivity contribution in [2.45, 2.75) is 52.0 Å². The molecule has 0 spiro atoms. The maximum atomic E-state index is 5.25. The second kappa shape index (κ2) is 6.60. The molecular formula is C16H28N4O. The fraction of sp³-hybridized carbons (Fsp3) is 0.750. The van der Waals surface area contributed by atoms with E-state index in [9.17, 15) is 0 Å². The summed E-state index contributed by atoms with van der Waals surface area (Å²) in [6.45, 7) is 11.0. The van der Waals surface area contributed by atoms with Crippen LogP contribution in [0.3, 0.4) is 0 Å². The molecule has 5 nitrogen and oxygen atoms in total. The number of rotatable bonds is 7. The van der Waals surface area contributed by atoms with Gasteiger partial charge in [0.15, 0.2) is 0 Å². The number of ether oxygens (including phenoxy) is 1. The molecular weight excluding hydrogens is 264 g/mol. The van der Waals surface area contributed by atoms with Gasteiger partial charge in [0.2, 0.25) is 0 Å². The van der Waals surface area contributed by atoms with E-state index in [4.69, 9.17) is 9.72 Å². The molecule has 0 saturated heterocycles. The highest BCUT2D eigenvalue weighted by Crippen LogP contribution is 2.32. The predicted octanol–water partition coefficient (Wildman–Crippen LogP) is 2.82. The normalized spacial score (nSPS) is 15.1. The largest absolute Gasteiger partial charge is 0.383 e. The van der Waals surface area contributed by atoms with Crippen LogP contribution in [0.1, 0.15) is 46.4 Å². The fourth-order valence-electron chi connectivity index (χ4n) is 2.25. The zero-order chi connectivity index (χ0) is 15.5. The molecule has 1 aromatic rings. The van der Waals surface area contributed by atoms with Crippen molar-refractivity contribution in [1.82, 2.24) is 9.97 Å². The molecule has 0 aromatic carbocycles. The third-order valence-corrected chi connectivity index (χ3v) is 3.56. The SMILES string of the molecule is CCNc1cc(N(CCOC)C2CC2)nc(C(C)(C)C)n1. The van der Waals surface area contributed by atoms with Gasteiger partial charge in [-0.1, -0.05) is 20.8 Å². The van der Waals surface area contributed by atoms with Gasteiger partial charge in [-0.15, -0.1) is 0 Å². The van der Waals surface area contributed by atoms with E-state index in [0.717, 1.165) is 37.2 Å². The Labute approximate surface area is 128 Å². The minimum absolute atomic E-state index is 0.0589. The van der Waals surface area contributed by atoms with Crippen LogP contribution in [0.25, 0.3) is 0 Å². The van der Waals surface area contributed by atoms with Crippen LogP contribution in [0.15, 0.2) is 6.07 Å². The smallest absolute Gasteiger partial charge is 0.138 e. The van der Waals surface area contributed by atoms with Gasteiger partial charge in [-0.05, 0) is 19.8 Å². The summed E-state index contributed by atoms with van der Waals surface area (Å²) in [6.07, 6.45) is 2.49. The van der Waals surface area contributed by atoms with Gasteiger partial charge < -0.3 is 15.0 Å². The van der Waals surface area contributed by atoms with Crippen molar-refractivity contribution >= 4 is 11.6 Å². The van der Waals surface area contributed by atoms with Crippen LogP contribution in [0.2, 0.25) is 0 Å². The molecule has 118 valence electrons. The van der Waals surface area contributed by atoms with Crippen LogP contribution >= 0.6 is 0 Å². The van der Waals surface area contributed by atoms with Crippen LogP contribution in [0, 0.1) is 0 Å². The highest BCUT2D eigenvalue weighted by atomic mass is 16.5. The Kier molecular flexibility index (Phi) is 5.04. The molecule has 2 rings (SSSR count). The highest BCUT2D eigenvalue weighted by Gasteiger charge is 2.31. The second-order valence-electron chi connectivity index (χ2n) is 6.63. The Morgan fingerprint density at radius 1 is 1.33 bits per heavy atom. The summed E-state index contributed by atoms with van der Waals surface area (Å²) in [5.74, 6) is 2.82. The molecule has 1 N–H and O–H groups in total. The van der Waals surface area contributed by atoms with Gasteiger partial charge in [0.1, 0.15) is 17.5 Å². The van der Waals surface area contributed by atoms with E-state index in [1.807, 2.05) is 0 Å². The number of methoxy groups -OCH3 is 1. The molecule has 0 amide bonds. The molecule has 0 bridgehead atoms. The summed E-state index contributed by atoms with van der Waals surface area (Å²) in [5.41, 5.74) is -0.0589. The molecule has 1 aliphatic carbocycles. The lowest BCUT2D eigenvalue weighted by Crippen LogP contribution is -2.31. The minimum Gasteiger partial charge on any atom is -0.383 e. The molecule has 1 saturated carbocycles.